The first-order valence-corrected chi connectivity index (χ1v) is 13.4. The molecule has 2 N–H and O–H groups in total. The molecule has 4 aromatic rings. The van der Waals surface area contributed by atoms with E-state index in [0.29, 0.717) is 35.3 Å². The number of rotatable bonds is 12. The minimum absolute atomic E-state index is 0.218. The van der Waals surface area contributed by atoms with Crippen LogP contribution >= 0.6 is 0 Å². The number of anilines is 4. The highest BCUT2D eigenvalue weighted by Gasteiger charge is 2.17. The number of carbonyl (C=O) groups is 1. The molecule has 1 aromatic carbocycles. The summed E-state index contributed by atoms with van der Waals surface area (Å²) in [6, 6.07) is 11.6. The maximum absolute atomic E-state index is 12.8. The molecule has 3 heterocycles. The lowest BCUT2D eigenvalue weighted by Crippen LogP contribution is -2.29. The summed E-state index contributed by atoms with van der Waals surface area (Å²) in [5.41, 5.74) is 4.70. The van der Waals surface area contributed by atoms with Crippen molar-refractivity contribution in [2.24, 2.45) is 0 Å². The highest BCUT2D eigenvalue weighted by molar-refractivity contribution is 6.02. The van der Waals surface area contributed by atoms with Crippen LogP contribution in [-0.4, -0.2) is 97.0 Å². The van der Waals surface area contributed by atoms with Crippen molar-refractivity contribution in [1.29, 1.82) is 0 Å². The number of carbonyl (C=O) groups excluding carboxylic acids is 1. The van der Waals surface area contributed by atoms with Crippen molar-refractivity contribution in [2.45, 2.75) is 6.92 Å². The Morgan fingerprint density at radius 2 is 1.83 bits per heavy atom. The molecule has 0 fully saturated rings. The van der Waals surface area contributed by atoms with E-state index in [9.17, 15) is 4.79 Å². The van der Waals surface area contributed by atoms with Gasteiger partial charge < -0.3 is 30.1 Å². The normalized spacial score (nSPS) is 11.5. The Morgan fingerprint density at radius 1 is 1.02 bits per heavy atom. The fourth-order valence-corrected chi connectivity index (χ4v) is 4.30. The molecule has 0 aliphatic carbocycles. The number of hydrogen-bond acceptors (Lipinski definition) is 9. The molecule has 41 heavy (non-hydrogen) atoms. The van der Waals surface area contributed by atoms with Crippen molar-refractivity contribution in [3.05, 3.63) is 66.6 Å². The van der Waals surface area contributed by atoms with Gasteiger partial charge in [0.05, 0.1) is 35.4 Å². The molecule has 0 unspecified atom stereocenters. The Hall–Kier alpha value is -4.48. The average Bonchev–Trinajstić information content (AvgIpc) is 3.28. The highest BCUT2D eigenvalue weighted by Crippen LogP contribution is 2.38. The number of fused-ring (bicyclic) bond motifs is 1. The van der Waals surface area contributed by atoms with Crippen molar-refractivity contribution in [3.63, 3.8) is 0 Å². The van der Waals surface area contributed by atoms with E-state index < -0.39 is 0 Å². The lowest BCUT2D eigenvalue weighted by Gasteiger charge is -2.26. The molecule has 0 saturated carbocycles. The molecule has 11 heteroatoms. The van der Waals surface area contributed by atoms with Crippen LogP contribution in [0.1, 0.15) is 5.69 Å². The van der Waals surface area contributed by atoms with Crippen molar-refractivity contribution >= 4 is 34.4 Å². The van der Waals surface area contributed by atoms with Gasteiger partial charge in [0.15, 0.2) is 5.82 Å². The van der Waals surface area contributed by atoms with Crippen LogP contribution in [-0.2, 0) is 4.79 Å². The van der Waals surface area contributed by atoms with Crippen molar-refractivity contribution in [1.82, 2.24) is 29.2 Å². The smallest absolute Gasteiger partial charge is 0.248 e. The minimum atomic E-state index is -0.218. The number of hydrogen-bond donors (Lipinski definition) is 2. The lowest BCUT2D eigenvalue weighted by atomic mass is 10.2. The molecule has 1 amide bonds. The Balaban J connectivity index is 1.68. The van der Waals surface area contributed by atoms with Crippen molar-refractivity contribution in [3.8, 4) is 17.3 Å². The van der Waals surface area contributed by atoms with E-state index in [0.717, 1.165) is 35.8 Å². The van der Waals surface area contributed by atoms with Gasteiger partial charge in [0, 0.05) is 51.2 Å². The SMILES string of the molecule is COc1cc(N(C)CCN(C)C)c(NC(=O)/C=C/CN(C)C)cc1Nc1nccc(-c2nc(C)c3ccccn23)n1. The molecule has 11 nitrogen and oxygen atoms in total. The van der Waals surface area contributed by atoms with E-state index in [4.69, 9.17) is 14.7 Å². The summed E-state index contributed by atoms with van der Waals surface area (Å²) in [5, 5.41) is 6.33. The van der Waals surface area contributed by atoms with Gasteiger partial charge in [0.25, 0.3) is 0 Å². The highest BCUT2D eigenvalue weighted by atomic mass is 16.5. The van der Waals surface area contributed by atoms with Crippen LogP contribution in [0.5, 0.6) is 5.75 Å². The summed E-state index contributed by atoms with van der Waals surface area (Å²) in [7, 11) is 11.6. The van der Waals surface area contributed by atoms with E-state index in [1.807, 2.05) is 100 Å². The Labute approximate surface area is 241 Å². The standard InChI is InChI=1S/C30H39N9O2/c1-21-25-11-8-9-16-39(25)29(32-21)22-13-14-31-30(34-22)35-24-19-23(33-28(40)12-10-15-36(2)3)26(20-27(24)41-7)38(6)18-17-37(4)5/h8-14,16,19-20H,15,17-18H2,1-7H3,(H,33,40)(H,31,34,35)/b12-10+. The van der Waals surface area contributed by atoms with Gasteiger partial charge in [0.2, 0.25) is 11.9 Å². The number of likely N-dealkylation sites (N-methyl/N-ethyl adjacent to an activating group) is 3. The van der Waals surface area contributed by atoms with E-state index in [1.165, 1.54) is 0 Å². The molecular formula is C30H39N9O2. The number of pyridine rings is 1. The maximum atomic E-state index is 12.8. The topological polar surface area (TPSA) is 103 Å². The first-order chi connectivity index (χ1) is 19.7. The summed E-state index contributed by atoms with van der Waals surface area (Å²) < 4.78 is 7.77. The Morgan fingerprint density at radius 3 is 2.56 bits per heavy atom. The van der Waals surface area contributed by atoms with Crippen LogP contribution in [0, 0.1) is 6.92 Å². The van der Waals surface area contributed by atoms with Gasteiger partial charge in [-0.1, -0.05) is 12.1 Å². The second kappa shape index (κ2) is 13.2. The minimum Gasteiger partial charge on any atom is -0.494 e. The third-order valence-corrected chi connectivity index (χ3v) is 6.47. The van der Waals surface area contributed by atoms with Crippen LogP contribution in [0.3, 0.4) is 0 Å². The predicted molar refractivity (Wildman–Crippen MR) is 165 cm³/mol. The van der Waals surface area contributed by atoms with Gasteiger partial charge in [-0.05, 0) is 59.4 Å². The average molecular weight is 558 g/mol. The van der Waals surface area contributed by atoms with E-state index >= 15 is 0 Å². The van der Waals surface area contributed by atoms with Crippen LogP contribution in [0.2, 0.25) is 0 Å². The van der Waals surface area contributed by atoms with Gasteiger partial charge >= 0.3 is 0 Å². The summed E-state index contributed by atoms with van der Waals surface area (Å²) in [6.07, 6.45) is 7.03. The predicted octanol–water partition coefficient (Wildman–Crippen LogP) is 3.91. The molecule has 0 aliphatic rings. The maximum Gasteiger partial charge on any atom is 0.248 e. The number of aromatic nitrogens is 4. The number of amides is 1. The Kier molecular flexibility index (Phi) is 9.53. The fraction of sp³-hybridized carbons (Fsp3) is 0.333. The van der Waals surface area contributed by atoms with Gasteiger partial charge in [-0.3, -0.25) is 9.20 Å². The summed E-state index contributed by atoms with van der Waals surface area (Å²) in [4.78, 5) is 33.0. The van der Waals surface area contributed by atoms with E-state index in [1.54, 1.807) is 19.4 Å². The molecule has 0 saturated heterocycles. The van der Waals surface area contributed by atoms with Crippen LogP contribution in [0.25, 0.3) is 17.0 Å². The first kappa shape index (κ1) is 29.5. The zero-order valence-electron chi connectivity index (χ0n) is 24.8. The number of imidazole rings is 1. The molecule has 0 bridgehead atoms. The third kappa shape index (κ3) is 7.38. The molecule has 3 aromatic heterocycles. The second-order valence-electron chi connectivity index (χ2n) is 10.3. The molecule has 0 aliphatic heterocycles. The Bertz CT molecular complexity index is 1530. The van der Waals surface area contributed by atoms with Crippen LogP contribution in [0.15, 0.2) is 60.9 Å². The quantitative estimate of drug-likeness (QED) is 0.251. The number of benzene rings is 1. The number of nitrogens with one attached hydrogen (secondary N) is 2. The number of aryl methyl sites for hydroxylation is 1. The molecule has 0 radical (unpaired) electrons. The molecule has 216 valence electrons. The number of methoxy groups -OCH3 is 1. The van der Waals surface area contributed by atoms with Crippen LogP contribution in [0.4, 0.5) is 23.0 Å². The monoisotopic (exact) mass is 557 g/mol. The molecule has 0 spiro atoms. The zero-order valence-corrected chi connectivity index (χ0v) is 24.8. The fourth-order valence-electron chi connectivity index (χ4n) is 4.30. The second-order valence-corrected chi connectivity index (χ2v) is 10.3. The van der Waals surface area contributed by atoms with Gasteiger partial charge in [-0.15, -0.1) is 0 Å². The number of nitrogens with zero attached hydrogens (tertiary/aromatic N) is 7. The molecule has 4 rings (SSSR count). The van der Waals surface area contributed by atoms with E-state index in [2.05, 4.69) is 25.4 Å². The summed E-state index contributed by atoms with van der Waals surface area (Å²) in [6.45, 7) is 4.24. The first-order valence-electron chi connectivity index (χ1n) is 13.4. The van der Waals surface area contributed by atoms with Gasteiger partial charge in [-0.2, -0.15) is 0 Å². The number of ether oxygens (including phenoxy) is 1. The van der Waals surface area contributed by atoms with E-state index in [-0.39, 0.29) is 5.91 Å². The summed E-state index contributed by atoms with van der Waals surface area (Å²) in [5.74, 6) is 1.48. The largest absolute Gasteiger partial charge is 0.494 e. The molecule has 0 atom stereocenters. The summed E-state index contributed by atoms with van der Waals surface area (Å²) >= 11 is 0. The van der Waals surface area contributed by atoms with Crippen molar-refractivity contribution < 1.29 is 9.53 Å². The van der Waals surface area contributed by atoms with Crippen molar-refractivity contribution in [2.75, 3.05) is 77.5 Å². The zero-order chi connectivity index (χ0) is 29.5. The van der Waals surface area contributed by atoms with Crippen LogP contribution < -0.4 is 20.3 Å². The lowest BCUT2D eigenvalue weighted by molar-refractivity contribution is -0.111. The van der Waals surface area contributed by atoms with Gasteiger partial charge in [-0.25, -0.2) is 15.0 Å². The van der Waals surface area contributed by atoms with Gasteiger partial charge in [0.1, 0.15) is 11.4 Å². The molecular weight excluding hydrogens is 518 g/mol. The third-order valence-electron chi connectivity index (χ3n) is 6.47.